The molecule has 0 radical (unpaired) electrons. The zero-order valence-electron chi connectivity index (χ0n) is 34.3. The van der Waals surface area contributed by atoms with Gasteiger partial charge in [0.05, 0.1) is 19.1 Å². The van der Waals surface area contributed by atoms with E-state index in [9.17, 15) is 29.1 Å². The Labute approximate surface area is 351 Å². The normalized spacial score (nSPS) is 13.9. The first-order chi connectivity index (χ1) is 29.1. The average molecular weight is 829 g/mol. The van der Waals surface area contributed by atoms with Gasteiger partial charge in [-0.2, -0.15) is 0 Å². The zero-order valence-corrected chi connectivity index (χ0v) is 34.3. The molecule has 3 aromatic carbocycles. The third kappa shape index (κ3) is 17.3. The Hall–Kier alpha value is -6.20. The highest BCUT2D eigenvalue weighted by Crippen LogP contribution is 2.28. The van der Waals surface area contributed by atoms with E-state index in [0.717, 1.165) is 50.1 Å². The van der Waals surface area contributed by atoms with E-state index in [2.05, 4.69) is 47.1 Å². The molecule has 0 aliphatic carbocycles. The van der Waals surface area contributed by atoms with Gasteiger partial charge in [-0.05, 0) is 66.6 Å². The predicted molar refractivity (Wildman–Crippen MR) is 229 cm³/mol. The summed E-state index contributed by atoms with van der Waals surface area (Å²) in [5.74, 6) is -1.12. The van der Waals surface area contributed by atoms with Crippen LogP contribution in [0, 0.1) is 0 Å². The molecule has 1 unspecified atom stereocenters. The van der Waals surface area contributed by atoms with Crippen LogP contribution in [0.4, 0.5) is 4.79 Å². The molecule has 1 fully saturated rings. The molecule has 1 aliphatic rings. The Morgan fingerprint density at radius 2 is 1.53 bits per heavy atom. The van der Waals surface area contributed by atoms with E-state index in [1.165, 1.54) is 12.1 Å². The number of carbonyl (C=O) groups is 5. The number of urea groups is 1. The molecular weight excluding hydrogens is 769 g/mol. The van der Waals surface area contributed by atoms with Gasteiger partial charge in [0, 0.05) is 65.3 Å². The molecule has 2 atom stereocenters. The number of nitrogens with zero attached hydrogens (tertiary/aromatic N) is 2. The van der Waals surface area contributed by atoms with Crippen LogP contribution in [0.15, 0.2) is 83.9 Å². The second kappa shape index (κ2) is 26.0. The largest absolute Gasteiger partial charge is 0.508 e. The maximum absolute atomic E-state index is 14.3. The molecular formula is C43H60N10O7. The topological polar surface area (TPSA) is 241 Å². The number of benzene rings is 3. The molecule has 4 rings (SSSR count). The molecule has 0 bridgehead atoms. The standard InChI is InChI=1S/C43H60N10O7/c1-2-37(55)47-21-22-49-43(59)52-42(44)48-20-9-14-36(40(57)50-29-31-15-17-34(54)18-16-31)51-41(58)39(32-10-4-3-5-11-32)33-12-8-13-35(28-33)60-27-7-6-19-46-38(56)30-53-25-23-45-24-26-53/h3-5,8,10-13,15-18,28,36,39,45,54H,2,6-7,9,14,19-27,29-30H2,1H3,(H,46,56)(H,47,55)(H,50,57)(H,51,58)(H4,44,48,49,52,59)/t36-,39?/m1/s1. The predicted octanol–water partition coefficient (Wildman–Crippen LogP) is 1.43. The Kier molecular flexibility index (Phi) is 20.2. The Balaban J connectivity index is 1.36. The molecule has 324 valence electrons. The van der Waals surface area contributed by atoms with Crippen LogP contribution in [0.3, 0.4) is 0 Å². The van der Waals surface area contributed by atoms with Crippen LogP contribution in [0.5, 0.6) is 11.5 Å². The van der Waals surface area contributed by atoms with Crippen LogP contribution in [0.1, 0.15) is 61.6 Å². The van der Waals surface area contributed by atoms with E-state index in [1.807, 2.05) is 54.6 Å². The fraction of sp³-hybridized carbons (Fsp3) is 0.442. The number of aliphatic imine (C=N–C) groups is 1. The van der Waals surface area contributed by atoms with Gasteiger partial charge in [-0.15, -0.1) is 0 Å². The van der Waals surface area contributed by atoms with Crippen molar-refractivity contribution in [3.63, 3.8) is 0 Å². The summed E-state index contributed by atoms with van der Waals surface area (Å²) in [5.41, 5.74) is 8.07. The first kappa shape index (κ1) is 46.5. The number of hydrogen-bond donors (Lipinski definition) is 9. The summed E-state index contributed by atoms with van der Waals surface area (Å²) < 4.78 is 6.08. The Morgan fingerprint density at radius 1 is 0.817 bits per heavy atom. The van der Waals surface area contributed by atoms with Gasteiger partial charge in [-0.25, -0.2) is 4.79 Å². The smallest absolute Gasteiger partial charge is 0.321 e. The molecule has 1 heterocycles. The number of amides is 6. The van der Waals surface area contributed by atoms with Crippen LogP contribution < -0.4 is 47.7 Å². The number of phenolic OH excluding ortho intramolecular Hbond substituents is 1. The van der Waals surface area contributed by atoms with Gasteiger partial charge in [-0.1, -0.05) is 61.5 Å². The number of unbranched alkanes of at least 4 members (excludes halogenated alkanes) is 1. The first-order valence-electron chi connectivity index (χ1n) is 20.6. The van der Waals surface area contributed by atoms with Crippen LogP contribution >= 0.6 is 0 Å². The minimum atomic E-state index is -0.955. The van der Waals surface area contributed by atoms with Gasteiger partial charge >= 0.3 is 6.03 Å². The highest BCUT2D eigenvalue weighted by atomic mass is 16.5. The van der Waals surface area contributed by atoms with Crippen molar-refractivity contribution in [3.05, 3.63) is 95.6 Å². The van der Waals surface area contributed by atoms with Crippen LogP contribution in [-0.4, -0.2) is 117 Å². The number of nitrogens with two attached hydrogens (primary N) is 1. The summed E-state index contributed by atoms with van der Waals surface area (Å²) in [5, 5.41) is 29.5. The molecule has 10 N–H and O–H groups in total. The zero-order chi connectivity index (χ0) is 43.0. The van der Waals surface area contributed by atoms with Gasteiger partial charge in [0.2, 0.25) is 23.6 Å². The van der Waals surface area contributed by atoms with Gasteiger partial charge in [0.15, 0.2) is 5.96 Å². The van der Waals surface area contributed by atoms with Gasteiger partial charge in [0.1, 0.15) is 17.5 Å². The van der Waals surface area contributed by atoms with Crippen molar-refractivity contribution < 1.29 is 33.8 Å². The summed E-state index contributed by atoms with van der Waals surface area (Å²) in [6.07, 6.45) is 2.36. The molecule has 0 aromatic heterocycles. The molecule has 0 saturated carbocycles. The molecule has 60 heavy (non-hydrogen) atoms. The number of rotatable bonds is 23. The number of carbonyl (C=O) groups excluding carboxylic acids is 5. The lowest BCUT2D eigenvalue weighted by Gasteiger charge is -2.26. The number of aromatic hydroxyl groups is 1. The summed E-state index contributed by atoms with van der Waals surface area (Å²) >= 11 is 0. The molecule has 17 nitrogen and oxygen atoms in total. The van der Waals surface area contributed by atoms with Crippen LogP contribution in [0.25, 0.3) is 0 Å². The quantitative estimate of drug-likeness (QED) is 0.0379. The lowest BCUT2D eigenvalue weighted by molar-refractivity contribution is -0.129. The fourth-order valence-electron chi connectivity index (χ4n) is 6.35. The van der Waals surface area contributed by atoms with E-state index in [-0.39, 0.29) is 56.1 Å². The first-order valence-corrected chi connectivity index (χ1v) is 20.6. The van der Waals surface area contributed by atoms with Crippen molar-refractivity contribution in [2.45, 2.75) is 57.5 Å². The van der Waals surface area contributed by atoms with E-state index >= 15 is 0 Å². The minimum absolute atomic E-state index is 0.0213. The minimum Gasteiger partial charge on any atom is -0.508 e. The molecule has 3 aromatic rings. The molecule has 1 aliphatic heterocycles. The molecule has 0 spiro atoms. The Bertz CT molecular complexity index is 1840. The third-order valence-corrected chi connectivity index (χ3v) is 9.59. The number of hydrogen-bond acceptors (Lipinski definition) is 10. The second-order valence-corrected chi connectivity index (χ2v) is 14.3. The monoisotopic (exact) mass is 828 g/mol. The number of nitrogens with one attached hydrogen (secondary N) is 7. The SMILES string of the molecule is CCC(=O)NCCNC(=O)NC(N)=NCCC[C@@H](NC(=O)C(c1ccccc1)c1cccc(OCCCCNC(=O)CN2CCNCC2)c1)C(=O)NCc1ccc(O)cc1. The summed E-state index contributed by atoms with van der Waals surface area (Å²) in [6.45, 7) is 7.43. The fourth-order valence-corrected chi connectivity index (χ4v) is 6.35. The maximum Gasteiger partial charge on any atom is 0.321 e. The van der Waals surface area contributed by atoms with E-state index in [1.54, 1.807) is 19.1 Å². The van der Waals surface area contributed by atoms with E-state index < -0.39 is 29.8 Å². The molecule has 17 heteroatoms. The average Bonchev–Trinajstić information content (AvgIpc) is 3.25. The van der Waals surface area contributed by atoms with Crippen LogP contribution in [0.2, 0.25) is 0 Å². The van der Waals surface area contributed by atoms with Crippen molar-refractivity contribution in [1.82, 2.24) is 42.1 Å². The van der Waals surface area contributed by atoms with E-state index in [0.29, 0.717) is 43.9 Å². The highest BCUT2D eigenvalue weighted by molar-refractivity contribution is 5.95. The number of piperazine rings is 1. The maximum atomic E-state index is 14.3. The second-order valence-electron chi connectivity index (χ2n) is 14.3. The Morgan fingerprint density at radius 3 is 2.28 bits per heavy atom. The molecule has 6 amide bonds. The highest BCUT2D eigenvalue weighted by Gasteiger charge is 2.28. The number of ether oxygens (including phenoxy) is 1. The van der Waals surface area contributed by atoms with Gasteiger partial charge in [-0.3, -0.25) is 34.4 Å². The number of guanidine groups is 1. The van der Waals surface area contributed by atoms with Crippen molar-refractivity contribution in [2.24, 2.45) is 10.7 Å². The summed E-state index contributed by atoms with van der Waals surface area (Å²) in [7, 11) is 0. The van der Waals surface area contributed by atoms with Crippen molar-refractivity contribution in [2.75, 3.05) is 65.5 Å². The third-order valence-electron chi connectivity index (χ3n) is 9.59. The van der Waals surface area contributed by atoms with Gasteiger partial charge in [0.25, 0.3) is 0 Å². The lowest BCUT2D eigenvalue weighted by Crippen LogP contribution is -2.48. The summed E-state index contributed by atoms with van der Waals surface area (Å²) in [4.78, 5) is 70.2. The van der Waals surface area contributed by atoms with E-state index in [4.69, 9.17) is 10.5 Å². The molecule has 1 saturated heterocycles. The van der Waals surface area contributed by atoms with Gasteiger partial charge < -0.3 is 47.5 Å². The lowest BCUT2D eigenvalue weighted by atomic mass is 9.90. The van der Waals surface area contributed by atoms with Crippen LogP contribution in [-0.2, 0) is 25.7 Å². The summed E-state index contributed by atoms with van der Waals surface area (Å²) in [6, 6.07) is 21.5. The van der Waals surface area contributed by atoms with Crippen molar-refractivity contribution >= 4 is 35.6 Å². The van der Waals surface area contributed by atoms with Crippen molar-refractivity contribution in [3.8, 4) is 11.5 Å². The van der Waals surface area contributed by atoms with Crippen molar-refractivity contribution in [1.29, 1.82) is 0 Å². The number of phenols is 1.